The Hall–Kier alpha value is -2.11. The molecule has 1 aliphatic rings. The Bertz CT molecular complexity index is 505. The van der Waals surface area contributed by atoms with Gasteiger partial charge in [0.15, 0.2) is 0 Å². The predicted octanol–water partition coefficient (Wildman–Crippen LogP) is 0.876. The van der Waals surface area contributed by atoms with Gasteiger partial charge in [-0.15, -0.1) is 0 Å². The van der Waals surface area contributed by atoms with E-state index in [1.54, 1.807) is 6.07 Å². The number of carbonyl (C=O) groups is 2. The predicted molar refractivity (Wildman–Crippen MR) is 69.4 cm³/mol. The molecule has 3 N–H and O–H groups in total. The molecule has 102 valence electrons. The maximum absolute atomic E-state index is 13.7. The highest BCUT2D eigenvalue weighted by Crippen LogP contribution is 2.20. The van der Waals surface area contributed by atoms with Crippen LogP contribution < -0.4 is 16.0 Å². The summed E-state index contributed by atoms with van der Waals surface area (Å²) in [6.07, 6.45) is 0.262. The molecule has 1 fully saturated rings. The molecule has 5 nitrogen and oxygen atoms in total. The van der Waals surface area contributed by atoms with Gasteiger partial charge in [0.2, 0.25) is 5.91 Å². The van der Waals surface area contributed by atoms with E-state index in [4.69, 9.17) is 0 Å². The van der Waals surface area contributed by atoms with Gasteiger partial charge in [0.1, 0.15) is 5.82 Å². The van der Waals surface area contributed by atoms with Gasteiger partial charge >= 0.3 is 0 Å². The van der Waals surface area contributed by atoms with Crippen LogP contribution in [0.2, 0.25) is 0 Å². The number of nitrogens with one attached hydrogen (secondary N) is 3. The minimum absolute atomic E-state index is 0.0866. The largest absolute Gasteiger partial charge is 0.382 e. The van der Waals surface area contributed by atoms with Crippen molar-refractivity contribution >= 4 is 17.5 Å². The topological polar surface area (TPSA) is 70.2 Å². The van der Waals surface area contributed by atoms with Gasteiger partial charge in [-0.25, -0.2) is 4.39 Å². The van der Waals surface area contributed by atoms with E-state index in [1.165, 1.54) is 12.1 Å². The first-order valence-corrected chi connectivity index (χ1v) is 6.21. The van der Waals surface area contributed by atoms with E-state index >= 15 is 0 Å². The van der Waals surface area contributed by atoms with E-state index in [0.717, 1.165) is 0 Å². The molecular formula is C13H16FN3O2. The number of anilines is 1. The van der Waals surface area contributed by atoms with E-state index in [2.05, 4.69) is 16.0 Å². The maximum Gasteiger partial charge on any atom is 0.253 e. The van der Waals surface area contributed by atoms with Crippen molar-refractivity contribution in [1.29, 1.82) is 0 Å². The second kappa shape index (κ2) is 5.69. The summed E-state index contributed by atoms with van der Waals surface area (Å²) in [5.74, 6) is -0.927. The minimum atomic E-state index is -0.463. The first-order chi connectivity index (χ1) is 9.11. The lowest BCUT2D eigenvalue weighted by molar-refractivity contribution is -0.119. The fourth-order valence-corrected chi connectivity index (χ4v) is 2.04. The molecule has 2 rings (SSSR count). The second-order valence-electron chi connectivity index (χ2n) is 4.37. The van der Waals surface area contributed by atoms with Crippen LogP contribution in [0.5, 0.6) is 0 Å². The monoisotopic (exact) mass is 265 g/mol. The van der Waals surface area contributed by atoms with Crippen molar-refractivity contribution in [2.45, 2.75) is 19.4 Å². The fraction of sp³-hybridized carbons (Fsp3) is 0.385. The van der Waals surface area contributed by atoms with Crippen LogP contribution in [-0.2, 0) is 4.79 Å². The average molecular weight is 265 g/mol. The summed E-state index contributed by atoms with van der Waals surface area (Å²) in [7, 11) is 0. The Balaban J connectivity index is 2.14. The van der Waals surface area contributed by atoms with Crippen molar-refractivity contribution in [3.63, 3.8) is 0 Å². The number of carbonyl (C=O) groups excluding carboxylic acids is 2. The number of hydrogen-bond donors (Lipinski definition) is 3. The third kappa shape index (κ3) is 3.01. The van der Waals surface area contributed by atoms with Gasteiger partial charge in [0, 0.05) is 19.5 Å². The molecule has 0 aliphatic carbocycles. The Labute approximate surface area is 110 Å². The molecule has 1 aromatic rings. The fourth-order valence-electron chi connectivity index (χ4n) is 2.04. The second-order valence-corrected chi connectivity index (χ2v) is 4.37. The summed E-state index contributed by atoms with van der Waals surface area (Å²) in [5, 5.41) is 8.20. The van der Waals surface area contributed by atoms with Crippen LogP contribution >= 0.6 is 0 Å². The van der Waals surface area contributed by atoms with Crippen molar-refractivity contribution in [3.05, 3.63) is 29.6 Å². The van der Waals surface area contributed by atoms with Crippen LogP contribution in [0, 0.1) is 5.82 Å². The first-order valence-electron chi connectivity index (χ1n) is 6.21. The van der Waals surface area contributed by atoms with Crippen LogP contribution in [0.3, 0.4) is 0 Å². The maximum atomic E-state index is 13.7. The molecule has 0 spiro atoms. The van der Waals surface area contributed by atoms with E-state index < -0.39 is 5.82 Å². The SMILES string of the molecule is CCNc1c(F)cccc1C(=O)NC1CNC(=O)C1. The van der Waals surface area contributed by atoms with Crippen LogP contribution in [0.1, 0.15) is 23.7 Å². The van der Waals surface area contributed by atoms with Crippen LogP contribution in [0.4, 0.5) is 10.1 Å². The quantitative estimate of drug-likeness (QED) is 0.756. The average Bonchev–Trinajstić information content (AvgIpc) is 2.77. The zero-order valence-electron chi connectivity index (χ0n) is 10.6. The summed E-state index contributed by atoms with van der Waals surface area (Å²) in [4.78, 5) is 23.2. The molecule has 1 atom stereocenters. The molecule has 19 heavy (non-hydrogen) atoms. The highest BCUT2D eigenvalue weighted by atomic mass is 19.1. The van der Waals surface area contributed by atoms with Crippen molar-refractivity contribution in [2.75, 3.05) is 18.4 Å². The van der Waals surface area contributed by atoms with Gasteiger partial charge in [0.25, 0.3) is 5.91 Å². The van der Waals surface area contributed by atoms with E-state index in [0.29, 0.717) is 13.1 Å². The van der Waals surface area contributed by atoms with E-state index in [9.17, 15) is 14.0 Å². The third-order valence-electron chi connectivity index (χ3n) is 2.92. The van der Waals surface area contributed by atoms with E-state index in [-0.39, 0.29) is 35.5 Å². The molecular weight excluding hydrogens is 249 g/mol. The molecule has 1 aromatic carbocycles. The summed E-state index contributed by atoms with van der Waals surface area (Å²) >= 11 is 0. The first kappa shape index (κ1) is 13.3. The molecule has 1 saturated heterocycles. The molecule has 0 aromatic heterocycles. The van der Waals surface area contributed by atoms with Gasteiger partial charge < -0.3 is 16.0 Å². The number of halogens is 1. The number of amides is 2. The zero-order chi connectivity index (χ0) is 13.8. The standard InChI is InChI=1S/C13H16FN3O2/c1-2-15-12-9(4-3-5-10(12)14)13(19)17-8-6-11(18)16-7-8/h3-5,8,15H,2,6-7H2,1H3,(H,16,18)(H,17,19). The van der Waals surface area contributed by atoms with Gasteiger partial charge in [-0.3, -0.25) is 9.59 Å². The number of para-hydroxylation sites is 1. The van der Waals surface area contributed by atoms with Gasteiger partial charge in [0.05, 0.1) is 17.3 Å². The third-order valence-corrected chi connectivity index (χ3v) is 2.92. The Kier molecular flexibility index (Phi) is 3.99. The highest BCUT2D eigenvalue weighted by Gasteiger charge is 2.24. The van der Waals surface area contributed by atoms with Gasteiger partial charge in [-0.2, -0.15) is 0 Å². The molecule has 0 radical (unpaired) electrons. The Morgan fingerprint density at radius 3 is 2.95 bits per heavy atom. The molecule has 0 bridgehead atoms. The Morgan fingerprint density at radius 2 is 2.32 bits per heavy atom. The number of rotatable bonds is 4. The molecule has 1 aliphatic heterocycles. The Morgan fingerprint density at radius 1 is 1.53 bits per heavy atom. The smallest absolute Gasteiger partial charge is 0.253 e. The van der Waals surface area contributed by atoms with Crippen molar-refractivity contribution in [2.24, 2.45) is 0 Å². The van der Waals surface area contributed by atoms with Crippen LogP contribution in [-0.4, -0.2) is 30.9 Å². The molecule has 1 heterocycles. The number of hydrogen-bond acceptors (Lipinski definition) is 3. The summed E-state index contributed by atoms with van der Waals surface area (Å²) < 4.78 is 13.7. The highest BCUT2D eigenvalue weighted by molar-refractivity contribution is 6.00. The molecule has 1 unspecified atom stereocenters. The van der Waals surface area contributed by atoms with Crippen molar-refractivity contribution in [1.82, 2.24) is 10.6 Å². The summed E-state index contributed by atoms with van der Waals surface area (Å²) in [6, 6.07) is 4.11. The lowest BCUT2D eigenvalue weighted by atomic mass is 10.1. The lowest BCUT2D eigenvalue weighted by Crippen LogP contribution is -2.36. The van der Waals surface area contributed by atoms with Crippen molar-refractivity contribution < 1.29 is 14.0 Å². The lowest BCUT2D eigenvalue weighted by Gasteiger charge is -2.14. The summed E-state index contributed by atoms with van der Waals surface area (Å²) in [6.45, 7) is 2.76. The van der Waals surface area contributed by atoms with E-state index in [1.807, 2.05) is 6.92 Å². The van der Waals surface area contributed by atoms with Gasteiger partial charge in [-0.05, 0) is 19.1 Å². The molecule has 6 heteroatoms. The summed E-state index contributed by atoms with van der Waals surface area (Å²) in [5.41, 5.74) is 0.445. The van der Waals surface area contributed by atoms with Crippen molar-refractivity contribution in [3.8, 4) is 0 Å². The molecule has 2 amide bonds. The van der Waals surface area contributed by atoms with Crippen LogP contribution in [0.25, 0.3) is 0 Å². The van der Waals surface area contributed by atoms with Crippen LogP contribution in [0.15, 0.2) is 18.2 Å². The normalized spacial score (nSPS) is 18.0. The minimum Gasteiger partial charge on any atom is -0.382 e. The zero-order valence-corrected chi connectivity index (χ0v) is 10.6. The number of benzene rings is 1. The van der Waals surface area contributed by atoms with Gasteiger partial charge in [-0.1, -0.05) is 6.07 Å². The molecule has 0 saturated carbocycles.